The number of hydrogen-bond donors (Lipinski definition) is 8. The van der Waals surface area contributed by atoms with E-state index in [1.807, 2.05) is 0 Å². The zero-order valence-corrected chi connectivity index (χ0v) is 18.4. The summed E-state index contributed by atoms with van der Waals surface area (Å²) in [5.74, 6) is -0.880. The van der Waals surface area contributed by atoms with Crippen LogP contribution < -0.4 is 10.1 Å². The van der Waals surface area contributed by atoms with Gasteiger partial charge in [0.1, 0.15) is 12.4 Å². The summed E-state index contributed by atoms with van der Waals surface area (Å²) in [6.07, 6.45) is 0. The van der Waals surface area contributed by atoms with Crippen LogP contribution in [0.15, 0.2) is 24.3 Å². The Hall–Kier alpha value is -2.32. The zero-order valence-electron chi connectivity index (χ0n) is 18.4. The lowest BCUT2D eigenvalue weighted by atomic mass is 9.51. The molecule has 0 aromatic heterocycles. The quantitative estimate of drug-likeness (QED) is 0.124. The number of ether oxygens (including phenoxy) is 2. The fourth-order valence-corrected chi connectivity index (χ4v) is 3.71. The second kappa shape index (κ2) is 12.8. The molecule has 0 spiro atoms. The Morgan fingerprint density at radius 3 is 1.67 bits per heavy atom. The number of benzene rings is 1. The van der Waals surface area contributed by atoms with Gasteiger partial charge in [0.25, 0.3) is 0 Å². The molecule has 1 aromatic carbocycles. The van der Waals surface area contributed by atoms with Crippen molar-refractivity contribution < 1.29 is 54.8 Å². The van der Waals surface area contributed by atoms with Gasteiger partial charge in [0.15, 0.2) is 6.61 Å². The van der Waals surface area contributed by atoms with E-state index in [9.17, 15) is 45.3 Å². The molecule has 188 valence electrons. The molecular formula is C21H33NO11. The van der Waals surface area contributed by atoms with E-state index in [4.69, 9.17) is 9.47 Å². The molecule has 12 nitrogen and oxygen atoms in total. The molecule has 0 aliphatic heterocycles. The molecule has 8 N–H and O–H groups in total. The van der Waals surface area contributed by atoms with E-state index in [2.05, 4.69) is 5.32 Å². The lowest BCUT2D eigenvalue weighted by Crippen LogP contribution is -2.66. The van der Waals surface area contributed by atoms with Crippen LogP contribution in [0, 0.1) is 16.2 Å². The maximum Gasteiger partial charge on any atom is 0.344 e. The molecule has 0 fully saturated rings. The van der Waals surface area contributed by atoms with Crippen molar-refractivity contribution in [2.24, 2.45) is 16.2 Å². The topological polar surface area (TPSA) is 206 Å². The highest BCUT2D eigenvalue weighted by atomic mass is 16.6. The predicted octanol–water partition coefficient (Wildman–Crippen LogP) is -2.53. The van der Waals surface area contributed by atoms with E-state index in [0.29, 0.717) is 5.69 Å². The van der Waals surface area contributed by atoms with Crippen molar-refractivity contribution in [1.29, 1.82) is 0 Å². The molecule has 0 unspecified atom stereocenters. The van der Waals surface area contributed by atoms with E-state index in [1.165, 1.54) is 19.1 Å². The Labute approximate surface area is 191 Å². The summed E-state index contributed by atoms with van der Waals surface area (Å²) in [6, 6.07) is 6.12. The summed E-state index contributed by atoms with van der Waals surface area (Å²) >= 11 is 0. The molecule has 0 radical (unpaired) electrons. The number of anilines is 1. The van der Waals surface area contributed by atoms with E-state index >= 15 is 0 Å². The van der Waals surface area contributed by atoms with Gasteiger partial charge < -0.3 is 50.5 Å². The van der Waals surface area contributed by atoms with Crippen LogP contribution in [0.2, 0.25) is 0 Å². The molecule has 0 bridgehead atoms. The normalized spacial score (nSPS) is 12.4. The summed E-state index contributed by atoms with van der Waals surface area (Å²) in [7, 11) is 0. The number of carbonyl (C=O) groups excluding carboxylic acids is 2. The first kappa shape index (κ1) is 28.7. The Morgan fingerprint density at radius 1 is 0.788 bits per heavy atom. The summed E-state index contributed by atoms with van der Waals surface area (Å²) < 4.78 is 10.4. The largest absolute Gasteiger partial charge is 0.482 e. The minimum atomic E-state index is -2.04. The van der Waals surface area contributed by atoms with Gasteiger partial charge in [-0.15, -0.1) is 0 Å². The van der Waals surface area contributed by atoms with Crippen molar-refractivity contribution in [3.8, 4) is 5.75 Å². The molecule has 0 heterocycles. The van der Waals surface area contributed by atoms with Gasteiger partial charge in [-0.1, -0.05) is 0 Å². The van der Waals surface area contributed by atoms with Crippen LogP contribution in [0.4, 0.5) is 5.69 Å². The number of hydrogen-bond acceptors (Lipinski definition) is 11. The Morgan fingerprint density at radius 2 is 1.27 bits per heavy atom. The molecular weight excluding hydrogens is 442 g/mol. The third kappa shape index (κ3) is 5.98. The van der Waals surface area contributed by atoms with Crippen LogP contribution in [-0.4, -0.2) is 107 Å². The Bertz CT molecular complexity index is 733. The van der Waals surface area contributed by atoms with Crippen LogP contribution in [0.3, 0.4) is 0 Å². The number of esters is 1. The van der Waals surface area contributed by atoms with Gasteiger partial charge in [-0.25, -0.2) is 4.79 Å². The fourth-order valence-electron chi connectivity index (χ4n) is 3.71. The summed E-state index contributed by atoms with van der Waals surface area (Å²) in [5, 5.41) is 72.3. The third-order valence-electron chi connectivity index (χ3n) is 6.12. The van der Waals surface area contributed by atoms with Crippen LogP contribution in [0.5, 0.6) is 5.75 Å². The molecule has 0 saturated carbocycles. The first-order chi connectivity index (χ1) is 15.7. The monoisotopic (exact) mass is 475 g/mol. The van der Waals surface area contributed by atoms with Crippen molar-refractivity contribution in [3.05, 3.63) is 24.3 Å². The standard InChI is InChI=1S/C21H33NO11/c1-15(30)22-16-2-4-17(5-3-16)32-6-18(31)33-14-20(10-26,11-27)21(12-28,13-29)19(7-23,8-24)9-25/h2-5,23-29H,6-14H2,1H3,(H,22,30). The van der Waals surface area contributed by atoms with Crippen molar-refractivity contribution in [3.63, 3.8) is 0 Å². The molecule has 0 atom stereocenters. The van der Waals surface area contributed by atoms with Gasteiger partial charge in [0.05, 0.1) is 57.1 Å². The SMILES string of the molecule is CC(=O)Nc1ccc(OCC(=O)OCC(CO)(CO)C(CO)(CO)C(CO)(CO)CO)cc1. The lowest BCUT2D eigenvalue weighted by Gasteiger charge is -2.55. The first-order valence-electron chi connectivity index (χ1n) is 10.1. The van der Waals surface area contributed by atoms with Gasteiger partial charge in [-0.05, 0) is 24.3 Å². The highest BCUT2D eigenvalue weighted by Gasteiger charge is 2.62. The molecule has 0 aliphatic rings. The minimum Gasteiger partial charge on any atom is -0.482 e. The van der Waals surface area contributed by atoms with Gasteiger partial charge in [0, 0.05) is 18.0 Å². The Kier molecular flexibility index (Phi) is 11.1. The van der Waals surface area contributed by atoms with Crippen molar-refractivity contribution in [2.75, 3.05) is 64.8 Å². The summed E-state index contributed by atoms with van der Waals surface area (Å²) in [5.41, 5.74) is -5.39. The summed E-state index contributed by atoms with van der Waals surface area (Å²) in [4.78, 5) is 23.3. The molecule has 0 aliphatic carbocycles. The maximum atomic E-state index is 12.2. The van der Waals surface area contributed by atoms with E-state index < -0.39 is 81.7 Å². The van der Waals surface area contributed by atoms with E-state index in [1.54, 1.807) is 12.1 Å². The number of carbonyl (C=O) groups is 2. The highest BCUT2D eigenvalue weighted by molar-refractivity contribution is 5.88. The first-order valence-corrected chi connectivity index (χ1v) is 10.1. The summed E-state index contributed by atoms with van der Waals surface area (Å²) in [6.45, 7) is -6.46. The van der Waals surface area contributed by atoms with Crippen molar-refractivity contribution in [2.45, 2.75) is 6.92 Å². The number of rotatable bonds is 15. The fraction of sp³-hybridized carbons (Fsp3) is 0.619. The maximum absolute atomic E-state index is 12.2. The van der Waals surface area contributed by atoms with Gasteiger partial charge >= 0.3 is 5.97 Å². The number of amides is 1. The molecule has 0 saturated heterocycles. The smallest absolute Gasteiger partial charge is 0.344 e. The third-order valence-corrected chi connectivity index (χ3v) is 6.12. The average Bonchev–Trinajstić information content (AvgIpc) is 2.83. The highest BCUT2D eigenvalue weighted by Crippen LogP contribution is 2.51. The zero-order chi connectivity index (χ0) is 25.1. The second-order valence-electron chi connectivity index (χ2n) is 7.90. The van der Waals surface area contributed by atoms with Crippen LogP contribution in [0.25, 0.3) is 0 Å². The molecule has 33 heavy (non-hydrogen) atoms. The second-order valence-corrected chi connectivity index (χ2v) is 7.90. The van der Waals surface area contributed by atoms with Gasteiger partial charge in [-0.2, -0.15) is 0 Å². The molecule has 1 amide bonds. The van der Waals surface area contributed by atoms with Crippen molar-refractivity contribution in [1.82, 2.24) is 0 Å². The number of aliphatic hydroxyl groups excluding tert-OH is 7. The van der Waals surface area contributed by atoms with Crippen molar-refractivity contribution >= 4 is 17.6 Å². The average molecular weight is 475 g/mol. The lowest BCUT2D eigenvalue weighted by molar-refractivity contribution is -0.233. The molecule has 1 rings (SSSR count). The Balaban J connectivity index is 2.97. The van der Waals surface area contributed by atoms with Crippen LogP contribution in [-0.2, 0) is 14.3 Å². The van der Waals surface area contributed by atoms with Crippen LogP contribution >= 0.6 is 0 Å². The minimum absolute atomic E-state index is 0.252. The predicted molar refractivity (Wildman–Crippen MR) is 114 cm³/mol. The molecule has 12 heteroatoms. The van der Waals surface area contributed by atoms with Gasteiger partial charge in [0.2, 0.25) is 5.91 Å². The number of aliphatic hydroxyl groups is 7. The van der Waals surface area contributed by atoms with E-state index in [0.717, 1.165) is 0 Å². The van der Waals surface area contributed by atoms with Gasteiger partial charge in [-0.3, -0.25) is 4.79 Å². The molecule has 1 aromatic rings. The van der Waals surface area contributed by atoms with Crippen LogP contribution in [0.1, 0.15) is 6.92 Å². The number of nitrogens with one attached hydrogen (secondary N) is 1. The van der Waals surface area contributed by atoms with E-state index in [-0.39, 0.29) is 11.7 Å².